The Hall–Kier alpha value is -2.31. The van der Waals surface area contributed by atoms with E-state index in [0.717, 1.165) is 55.8 Å². The van der Waals surface area contributed by atoms with Crippen LogP contribution in [0.1, 0.15) is 34.5 Å². The van der Waals surface area contributed by atoms with Gasteiger partial charge in [0.2, 0.25) is 5.91 Å². The van der Waals surface area contributed by atoms with Crippen LogP contribution in [-0.4, -0.2) is 42.9 Å². The van der Waals surface area contributed by atoms with Gasteiger partial charge in [-0.1, -0.05) is 18.2 Å². The molecule has 2 atom stereocenters. The summed E-state index contributed by atoms with van der Waals surface area (Å²) >= 11 is 0. The molecule has 29 heavy (non-hydrogen) atoms. The fraction of sp³-hybridized carbons (Fsp3) is 0.455. The molecule has 2 aromatic rings. The van der Waals surface area contributed by atoms with Crippen LogP contribution in [0.4, 0.5) is 5.69 Å². The van der Waals surface area contributed by atoms with Gasteiger partial charge in [-0.25, -0.2) is 0 Å². The number of nitrogens with zero attached hydrogens (tertiary/aromatic N) is 2. The van der Waals surface area contributed by atoms with E-state index in [1.54, 1.807) is 11.2 Å². The highest BCUT2D eigenvalue weighted by molar-refractivity contribution is 6.01. The quantitative estimate of drug-likeness (QED) is 0.837. The fourth-order valence-electron chi connectivity index (χ4n) is 4.87. The summed E-state index contributed by atoms with van der Waals surface area (Å²) in [4.78, 5) is 29.3. The molecule has 2 amide bonds. The number of carbonyl (C=O) groups excluding carboxylic acids is 2. The lowest BCUT2D eigenvalue weighted by atomic mass is 9.92. The molecule has 1 N–H and O–H groups in total. The van der Waals surface area contributed by atoms with Gasteiger partial charge in [-0.15, -0.1) is 12.4 Å². The molecule has 0 saturated carbocycles. The Kier molecular flexibility index (Phi) is 5.65. The molecule has 0 unspecified atom stereocenters. The second kappa shape index (κ2) is 8.20. The van der Waals surface area contributed by atoms with Crippen molar-refractivity contribution >= 4 is 29.9 Å². The number of furan rings is 1. The average Bonchev–Trinajstić information content (AvgIpc) is 3.39. The van der Waals surface area contributed by atoms with E-state index in [2.05, 4.69) is 5.32 Å². The van der Waals surface area contributed by atoms with Crippen LogP contribution in [0.2, 0.25) is 0 Å². The van der Waals surface area contributed by atoms with E-state index in [0.29, 0.717) is 30.6 Å². The lowest BCUT2D eigenvalue weighted by Gasteiger charge is -2.21. The number of fused-ring (bicyclic) bond motifs is 2. The number of benzene rings is 1. The lowest BCUT2D eigenvalue weighted by Crippen LogP contribution is -2.34. The second-order valence-corrected chi connectivity index (χ2v) is 8.11. The van der Waals surface area contributed by atoms with Gasteiger partial charge in [-0.3, -0.25) is 9.59 Å². The molecule has 6 nitrogen and oxygen atoms in total. The Labute approximate surface area is 176 Å². The molecule has 0 radical (unpaired) electrons. The molecule has 2 fully saturated rings. The van der Waals surface area contributed by atoms with Crippen molar-refractivity contribution in [2.45, 2.75) is 25.8 Å². The fourth-order valence-corrected chi connectivity index (χ4v) is 4.87. The van der Waals surface area contributed by atoms with Crippen molar-refractivity contribution in [3.63, 3.8) is 0 Å². The molecule has 0 bridgehead atoms. The van der Waals surface area contributed by atoms with Gasteiger partial charge in [-0.05, 0) is 55.5 Å². The first kappa shape index (κ1) is 20.0. The van der Waals surface area contributed by atoms with Crippen LogP contribution >= 0.6 is 12.4 Å². The minimum absolute atomic E-state index is 0. The Morgan fingerprint density at radius 2 is 1.83 bits per heavy atom. The zero-order chi connectivity index (χ0) is 19.1. The molecule has 7 heteroatoms. The maximum absolute atomic E-state index is 13.2. The van der Waals surface area contributed by atoms with Crippen LogP contribution in [0.15, 0.2) is 41.0 Å². The van der Waals surface area contributed by atoms with Crippen LogP contribution in [0.25, 0.3) is 0 Å². The third kappa shape index (κ3) is 3.67. The SMILES string of the molecule is Cl.O=C(c1occc1CN1C(=O)Cc2ccccc21)N1CC[C@@H]2CNC[C@@H]2CC1. The standard InChI is InChI=1S/C22H25N3O3.ClH/c26-20-11-15-3-1-2-4-19(15)25(20)14-18-7-10-28-21(18)22(27)24-8-5-16-12-23-13-17(16)6-9-24;/h1-4,7,10,16-17,23H,5-6,8-9,11-14H2;1H/t16-,17+;. The molecular weight excluding hydrogens is 390 g/mol. The molecule has 1 aromatic heterocycles. The average molecular weight is 416 g/mol. The third-order valence-corrected chi connectivity index (χ3v) is 6.50. The van der Waals surface area contributed by atoms with Gasteiger partial charge in [0.15, 0.2) is 5.76 Å². The first-order chi connectivity index (χ1) is 13.7. The molecule has 1 aromatic carbocycles. The molecule has 3 aliphatic heterocycles. The first-order valence-electron chi connectivity index (χ1n) is 10.2. The predicted molar refractivity (Wildman–Crippen MR) is 112 cm³/mol. The Balaban J connectivity index is 0.00000205. The van der Waals surface area contributed by atoms with Crippen LogP contribution in [0, 0.1) is 11.8 Å². The van der Waals surface area contributed by atoms with Crippen molar-refractivity contribution in [1.29, 1.82) is 0 Å². The number of hydrogen-bond acceptors (Lipinski definition) is 4. The Bertz CT molecular complexity index is 898. The Morgan fingerprint density at radius 1 is 1.10 bits per heavy atom. The smallest absolute Gasteiger partial charge is 0.289 e. The van der Waals surface area contributed by atoms with Crippen molar-refractivity contribution in [2.75, 3.05) is 31.1 Å². The maximum atomic E-state index is 13.2. The van der Waals surface area contributed by atoms with Gasteiger partial charge in [-0.2, -0.15) is 0 Å². The number of likely N-dealkylation sites (tertiary alicyclic amines) is 1. The number of hydrogen-bond donors (Lipinski definition) is 1. The number of rotatable bonds is 3. The number of carbonyl (C=O) groups is 2. The van der Waals surface area contributed by atoms with Crippen molar-refractivity contribution in [3.05, 3.63) is 53.5 Å². The zero-order valence-electron chi connectivity index (χ0n) is 16.3. The highest BCUT2D eigenvalue weighted by Gasteiger charge is 2.34. The molecular formula is C22H26ClN3O3. The predicted octanol–water partition coefficient (Wildman–Crippen LogP) is 2.86. The van der Waals surface area contributed by atoms with Crippen molar-refractivity contribution < 1.29 is 14.0 Å². The third-order valence-electron chi connectivity index (χ3n) is 6.50. The molecule has 154 valence electrons. The minimum Gasteiger partial charge on any atom is -0.459 e. The van der Waals surface area contributed by atoms with E-state index < -0.39 is 0 Å². The summed E-state index contributed by atoms with van der Waals surface area (Å²) in [5.74, 6) is 1.74. The van der Waals surface area contributed by atoms with Crippen LogP contribution < -0.4 is 10.2 Å². The van der Waals surface area contributed by atoms with Gasteiger partial charge < -0.3 is 19.5 Å². The van der Waals surface area contributed by atoms with E-state index in [4.69, 9.17) is 4.42 Å². The molecule has 3 aliphatic rings. The molecule has 0 aliphatic carbocycles. The number of amides is 2. The van der Waals surface area contributed by atoms with Gasteiger partial charge in [0.1, 0.15) is 0 Å². The first-order valence-corrected chi connectivity index (χ1v) is 10.2. The number of anilines is 1. The van der Waals surface area contributed by atoms with Crippen molar-refractivity contribution in [2.24, 2.45) is 11.8 Å². The van der Waals surface area contributed by atoms with Crippen LogP contribution in [-0.2, 0) is 17.8 Å². The number of para-hydroxylation sites is 1. The summed E-state index contributed by atoms with van der Waals surface area (Å²) in [6.45, 7) is 4.04. The van der Waals surface area contributed by atoms with E-state index in [1.165, 1.54) is 0 Å². The molecule has 5 rings (SSSR count). The summed E-state index contributed by atoms with van der Waals surface area (Å²) < 4.78 is 5.61. The van der Waals surface area contributed by atoms with Gasteiger partial charge in [0.05, 0.1) is 19.2 Å². The minimum atomic E-state index is -0.0483. The molecule has 4 heterocycles. The highest BCUT2D eigenvalue weighted by atomic mass is 35.5. The summed E-state index contributed by atoms with van der Waals surface area (Å²) in [5, 5.41) is 3.47. The molecule has 2 saturated heterocycles. The van der Waals surface area contributed by atoms with E-state index in [9.17, 15) is 9.59 Å². The zero-order valence-corrected chi connectivity index (χ0v) is 17.1. The van der Waals surface area contributed by atoms with E-state index >= 15 is 0 Å². The summed E-state index contributed by atoms with van der Waals surface area (Å²) in [5.41, 5.74) is 2.75. The van der Waals surface area contributed by atoms with Crippen molar-refractivity contribution in [1.82, 2.24) is 10.2 Å². The molecule has 0 spiro atoms. The topological polar surface area (TPSA) is 65.8 Å². The van der Waals surface area contributed by atoms with E-state index in [-0.39, 0.29) is 24.2 Å². The van der Waals surface area contributed by atoms with Gasteiger partial charge in [0, 0.05) is 24.3 Å². The summed E-state index contributed by atoms with van der Waals surface area (Å²) in [6.07, 6.45) is 4.06. The Morgan fingerprint density at radius 3 is 2.59 bits per heavy atom. The normalized spacial score (nSPS) is 23.4. The van der Waals surface area contributed by atoms with E-state index in [1.807, 2.05) is 35.2 Å². The maximum Gasteiger partial charge on any atom is 0.289 e. The summed E-state index contributed by atoms with van der Waals surface area (Å²) in [7, 11) is 0. The highest BCUT2D eigenvalue weighted by Crippen LogP contribution is 2.32. The second-order valence-electron chi connectivity index (χ2n) is 8.11. The summed E-state index contributed by atoms with van der Waals surface area (Å²) in [6, 6.07) is 9.65. The van der Waals surface area contributed by atoms with Gasteiger partial charge in [0.25, 0.3) is 5.91 Å². The van der Waals surface area contributed by atoms with Crippen LogP contribution in [0.3, 0.4) is 0 Å². The lowest BCUT2D eigenvalue weighted by molar-refractivity contribution is -0.117. The monoisotopic (exact) mass is 415 g/mol. The number of halogens is 1. The van der Waals surface area contributed by atoms with Crippen molar-refractivity contribution in [3.8, 4) is 0 Å². The van der Waals surface area contributed by atoms with Gasteiger partial charge >= 0.3 is 0 Å². The largest absolute Gasteiger partial charge is 0.459 e. The number of nitrogens with one attached hydrogen (secondary N) is 1. The van der Waals surface area contributed by atoms with Crippen LogP contribution in [0.5, 0.6) is 0 Å².